The lowest BCUT2D eigenvalue weighted by atomic mass is 10.2. The van der Waals surface area contributed by atoms with E-state index in [1.54, 1.807) is 19.1 Å². The lowest BCUT2D eigenvalue weighted by Crippen LogP contribution is -2.41. The Hall–Kier alpha value is -1.48. The molecule has 0 saturated carbocycles. The van der Waals surface area contributed by atoms with Crippen molar-refractivity contribution < 1.29 is 17.9 Å². The average Bonchev–Trinajstić information content (AvgIpc) is 2.62. The number of sulfonamides is 1. The first-order chi connectivity index (χ1) is 11.9. The second-order valence-corrected chi connectivity index (χ2v) is 7.88. The smallest absolute Gasteiger partial charge is 0.251 e. The SMILES string of the molecule is CCC(C)NS(=O)(=O)c1cccc(C(=O)NCCN2CCOCC2)c1. The van der Waals surface area contributed by atoms with Gasteiger partial charge in [-0.2, -0.15) is 0 Å². The van der Waals surface area contributed by atoms with E-state index in [1.165, 1.54) is 12.1 Å². The molecule has 1 fully saturated rings. The van der Waals surface area contributed by atoms with Gasteiger partial charge in [0.05, 0.1) is 18.1 Å². The Labute approximate surface area is 149 Å². The van der Waals surface area contributed by atoms with Crippen molar-refractivity contribution in [3.8, 4) is 0 Å². The molecular formula is C17H27N3O4S. The van der Waals surface area contributed by atoms with E-state index in [0.717, 1.165) is 32.8 Å². The van der Waals surface area contributed by atoms with Crippen LogP contribution >= 0.6 is 0 Å². The molecule has 0 radical (unpaired) electrons. The van der Waals surface area contributed by atoms with Crippen molar-refractivity contribution in [1.82, 2.24) is 14.9 Å². The maximum atomic E-state index is 12.3. The molecule has 1 atom stereocenters. The molecule has 1 aromatic carbocycles. The highest BCUT2D eigenvalue weighted by Crippen LogP contribution is 2.12. The number of amides is 1. The topological polar surface area (TPSA) is 87.7 Å². The number of carbonyl (C=O) groups is 1. The largest absolute Gasteiger partial charge is 0.379 e. The third-order valence-electron chi connectivity index (χ3n) is 4.19. The van der Waals surface area contributed by atoms with Gasteiger partial charge >= 0.3 is 0 Å². The third kappa shape index (κ3) is 6.07. The summed E-state index contributed by atoms with van der Waals surface area (Å²) in [7, 11) is -3.62. The molecule has 1 aliphatic heterocycles. The van der Waals surface area contributed by atoms with Gasteiger partial charge in [-0.1, -0.05) is 13.0 Å². The molecule has 25 heavy (non-hydrogen) atoms. The molecule has 1 unspecified atom stereocenters. The van der Waals surface area contributed by atoms with Gasteiger partial charge < -0.3 is 10.1 Å². The van der Waals surface area contributed by atoms with Gasteiger partial charge in [-0.15, -0.1) is 0 Å². The zero-order valence-corrected chi connectivity index (χ0v) is 15.6. The van der Waals surface area contributed by atoms with Crippen molar-refractivity contribution in [2.24, 2.45) is 0 Å². The molecule has 2 N–H and O–H groups in total. The van der Waals surface area contributed by atoms with Crippen molar-refractivity contribution in [1.29, 1.82) is 0 Å². The second kappa shape index (κ2) is 9.28. The van der Waals surface area contributed by atoms with Gasteiger partial charge in [0, 0.05) is 37.8 Å². The minimum absolute atomic E-state index is 0.105. The molecule has 1 amide bonds. The van der Waals surface area contributed by atoms with Gasteiger partial charge in [-0.3, -0.25) is 9.69 Å². The summed E-state index contributed by atoms with van der Waals surface area (Å²) in [5.74, 6) is -0.270. The fraction of sp³-hybridized carbons (Fsp3) is 0.588. The molecule has 0 spiro atoms. The van der Waals surface area contributed by atoms with Gasteiger partial charge in [-0.25, -0.2) is 13.1 Å². The highest BCUT2D eigenvalue weighted by molar-refractivity contribution is 7.89. The standard InChI is InChI=1S/C17H27N3O4S/c1-3-14(2)19-25(22,23)16-6-4-5-15(13-16)17(21)18-7-8-20-9-11-24-12-10-20/h4-6,13-14,19H,3,7-12H2,1-2H3,(H,18,21). The monoisotopic (exact) mass is 369 g/mol. The van der Waals surface area contributed by atoms with Crippen LogP contribution in [-0.2, 0) is 14.8 Å². The van der Waals surface area contributed by atoms with Crippen molar-refractivity contribution in [3.05, 3.63) is 29.8 Å². The zero-order chi connectivity index (χ0) is 18.3. The summed E-state index contributed by atoms with van der Waals surface area (Å²) in [6.45, 7) is 8.15. The predicted octanol–water partition coefficient (Wildman–Crippen LogP) is 0.825. The fourth-order valence-corrected chi connectivity index (χ4v) is 3.85. The molecule has 8 heteroatoms. The Morgan fingerprint density at radius 3 is 2.72 bits per heavy atom. The van der Waals surface area contributed by atoms with Gasteiger partial charge in [0.2, 0.25) is 10.0 Å². The van der Waals surface area contributed by atoms with Crippen LogP contribution in [0.15, 0.2) is 29.2 Å². The third-order valence-corrected chi connectivity index (χ3v) is 5.78. The maximum Gasteiger partial charge on any atom is 0.251 e. The maximum absolute atomic E-state index is 12.3. The predicted molar refractivity (Wildman–Crippen MR) is 96.1 cm³/mol. The van der Waals surface area contributed by atoms with Crippen molar-refractivity contribution in [2.75, 3.05) is 39.4 Å². The van der Waals surface area contributed by atoms with Crippen molar-refractivity contribution in [2.45, 2.75) is 31.2 Å². The number of benzene rings is 1. The number of hydrogen-bond donors (Lipinski definition) is 2. The summed E-state index contributed by atoms with van der Waals surface area (Å²) in [4.78, 5) is 14.6. The normalized spacial score (nSPS) is 17.2. The van der Waals surface area contributed by atoms with E-state index in [2.05, 4.69) is 14.9 Å². The summed E-state index contributed by atoms with van der Waals surface area (Å²) < 4.78 is 32.6. The lowest BCUT2D eigenvalue weighted by molar-refractivity contribution is 0.0383. The summed E-state index contributed by atoms with van der Waals surface area (Å²) in [5, 5.41) is 2.84. The van der Waals surface area contributed by atoms with Crippen molar-refractivity contribution in [3.63, 3.8) is 0 Å². The Balaban J connectivity index is 1.94. The van der Waals surface area contributed by atoms with Crippen LogP contribution in [0.4, 0.5) is 0 Å². The number of ether oxygens (including phenoxy) is 1. The molecule has 1 aliphatic rings. The van der Waals surface area contributed by atoms with Gasteiger partial charge in [-0.05, 0) is 31.5 Å². The highest BCUT2D eigenvalue weighted by Gasteiger charge is 2.18. The number of nitrogens with zero attached hydrogens (tertiary/aromatic N) is 1. The van der Waals surface area contributed by atoms with Crippen LogP contribution < -0.4 is 10.0 Å². The summed E-state index contributed by atoms with van der Waals surface area (Å²) in [6, 6.07) is 5.95. The molecule has 140 valence electrons. The molecule has 7 nitrogen and oxygen atoms in total. The molecule has 1 saturated heterocycles. The highest BCUT2D eigenvalue weighted by atomic mass is 32.2. The molecule has 2 rings (SSSR count). The van der Waals surface area contributed by atoms with E-state index in [9.17, 15) is 13.2 Å². The first-order valence-electron chi connectivity index (χ1n) is 8.63. The minimum Gasteiger partial charge on any atom is -0.379 e. The lowest BCUT2D eigenvalue weighted by Gasteiger charge is -2.26. The number of morpholine rings is 1. The van der Waals surface area contributed by atoms with Crippen LogP contribution in [0, 0.1) is 0 Å². The molecule has 0 aliphatic carbocycles. The quantitative estimate of drug-likeness (QED) is 0.709. The van der Waals surface area contributed by atoms with Crippen LogP contribution in [0.5, 0.6) is 0 Å². The Morgan fingerprint density at radius 2 is 2.04 bits per heavy atom. The molecule has 1 heterocycles. The zero-order valence-electron chi connectivity index (χ0n) is 14.8. The van der Waals surface area contributed by atoms with Crippen LogP contribution in [0.1, 0.15) is 30.6 Å². The van der Waals surface area contributed by atoms with E-state index in [-0.39, 0.29) is 16.8 Å². The summed E-state index contributed by atoms with van der Waals surface area (Å²) >= 11 is 0. The minimum atomic E-state index is -3.62. The second-order valence-electron chi connectivity index (χ2n) is 6.17. The van der Waals surface area contributed by atoms with E-state index in [4.69, 9.17) is 4.74 Å². The summed E-state index contributed by atoms with van der Waals surface area (Å²) in [5.41, 5.74) is 0.342. The first-order valence-corrected chi connectivity index (χ1v) is 10.1. The Morgan fingerprint density at radius 1 is 1.32 bits per heavy atom. The average molecular weight is 369 g/mol. The fourth-order valence-electron chi connectivity index (χ4n) is 2.48. The number of hydrogen-bond acceptors (Lipinski definition) is 5. The number of nitrogens with one attached hydrogen (secondary N) is 2. The Bertz CT molecular complexity index is 672. The molecule has 1 aromatic rings. The van der Waals surface area contributed by atoms with Crippen LogP contribution in [0.2, 0.25) is 0 Å². The van der Waals surface area contributed by atoms with E-state index >= 15 is 0 Å². The van der Waals surface area contributed by atoms with Crippen LogP contribution in [0.25, 0.3) is 0 Å². The van der Waals surface area contributed by atoms with Crippen molar-refractivity contribution >= 4 is 15.9 Å². The van der Waals surface area contributed by atoms with E-state index in [0.29, 0.717) is 18.5 Å². The van der Waals surface area contributed by atoms with Gasteiger partial charge in [0.25, 0.3) is 5.91 Å². The van der Waals surface area contributed by atoms with E-state index in [1.807, 2.05) is 6.92 Å². The first kappa shape index (κ1) is 19.8. The van der Waals surface area contributed by atoms with Gasteiger partial charge in [0.15, 0.2) is 0 Å². The molecule has 0 aromatic heterocycles. The van der Waals surface area contributed by atoms with Gasteiger partial charge in [0.1, 0.15) is 0 Å². The van der Waals surface area contributed by atoms with E-state index < -0.39 is 10.0 Å². The molecule has 0 bridgehead atoms. The van der Waals surface area contributed by atoms with Crippen LogP contribution in [-0.4, -0.2) is 64.7 Å². The molecular weight excluding hydrogens is 342 g/mol. The number of rotatable bonds is 8. The Kier molecular flexibility index (Phi) is 7.37. The van der Waals surface area contributed by atoms with Crippen LogP contribution in [0.3, 0.4) is 0 Å². The summed E-state index contributed by atoms with van der Waals surface area (Å²) in [6.07, 6.45) is 0.695. The number of carbonyl (C=O) groups excluding carboxylic acids is 1.